The van der Waals surface area contributed by atoms with Crippen LogP contribution in [-0.2, 0) is 5.41 Å². The van der Waals surface area contributed by atoms with Gasteiger partial charge in [-0.2, -0.15) is 5.10 Å². The Morgan fingerprint density at radius 2 is 1.82 bits per heavy atom. The molecule has 2 heterocycles. The van der Waals surface area contributed by atoms with E-state index >= 15 is 0 Å². The number of hydrogen-bond donors (Lipinski definition) is 3. The molecule has 0 aliphatic carbocycles. The zero-order chi connectivity index (χ0) is 15.9. The number of halogens is 1. The Morgan fingerprint density at radius 1 is 1.14 bits per heavy atom. The average Bonchev–Trinajstić information content (AvgIpc) is 2.84. The van der Waals surface area contributed by atoms with E-state index in [1.54, 1.807) is 12.1 Å². The summed E-state index contributed by atoms with van der Waals surface area (Å²) in [5.41, 5.74) is 7.33. The molecular formula is C15H17ClN6. The molecule has 0 spiro atoms. The van der Waals surface area contributed by atoms with Crippen LogP contribution in [0.3, 0.4) is 0 Å². The molecule has 2 aromatic heterocycles. The van der Waals surface area contributed by atoms with E-state index in [4.69, 9.17) is 17.3 Å². The minimum absolute atomic E-state index is 0.189. The van der Waals surface area contributed by atoms with Gasteiger partial charge in [-0.3, -0.25) is 5.10 Å². The number of fused-ring (bicyclic) bond motifs is 1. The van der Waals surface area contributed by atoms with E-state index in [-0.39, 0.29) is 5.41 Å². The third kappa shape index (κ3) is 2.69. The van der Waals surface area contributed by atoms with Gasteiger partial charge in [-0.15, -0.1) is 0 Å². The monoisotopic (exact) mass is 316 g/mol. The zero-order valence-corrected chi connectivity index (χ0v) is 13.4. The van der Waals surface area contributed by atoms with Crippen molar-refractivity contribution in [3.05, 3.63) is 35.1 Å². The van der Waals surface area contributed by atoms with Crippen molar-refractivity contribution < 1.29 is 0 Å². The highest BCUT2D eigenvalue weighted by atomic mass is 35.5. The number of rotatable bonds is 2. The van der Waals surface area contributed by atoms with Gasteiger partial charge in [0.15, 0.2) is 5.65 Å². The average molecular weight is 317 g/mol. The second-order valence-corrected chi connectivity index (χ2v) is 6.55. The van der Waals surface area contributed by atoms with E-state index in [2.05, 4.69) is 25.5 Å². The first-order chi connectivity index (χ1) is 10.3. The number of nitrogens with zero attached hydrogens (tertiary/aromatic N) is 3. The lowest BCUT2D eigenvalue weighted by atomic mass is 9.95. The van der Waals surface area contributed by atoms with E-state index < -0.39 is 0 Å². The molecule has 6 nitrogen and oxygen atoms in total. The van der Waals surface area contributed by atoms with Crippen LogP contribution in [0.15, 0.2) is 24.3 Å². The van der Waals surface area contributed by atoms with E-state index in [0.29, 0.717) is 33.5 Å². The second kappa shape index (κ2) is 5.14. The van der Waals surface area contributed by atoms with Gasteiger partial charge in [-0.25, -0.2) is 9.97 Å². The molecule has 0 aliphatic heterocycles. The first-order valence-electron chi connectivity index (χ1n) is 6.89. The number of nitrogen functional groups attached to an aromatic ring is 1. The summed E-state index contributed by atoms with van der Waals surface area (Å²) in [7, 11) is 0. The summed E-state index contributed by atoms with van der Waals surface area (Å²) >= 11 is 5.89. The minimum Gasteiger partial charge on any atom is -0.383 e. The lowest BCUT2D eigenvalue weighted by Gasteiger charge is -2.16. The second-order valence-electron chi connectivity index (χ2n) is 6.11. The van der Waals surface area contributed by atoms with Gasteiger partial charge in [-0.05, 0) is 24.3 Å². The van der Waals surface area contributed by atoms with Crippen LogP contribution in [0, 0.1) is 0 Å². The summed E-state index contributed by atoms with van der Waals surface area (Å²) in [6, 6.07) is 7.35. The summed E-state index contributed by atoms with van der Waals surface area (Å²) < 4.78 is 0. The molecule has 3 rings (SSSR count). The topological polar surface area (TPSA) is 92.5 Å². The highest BCUT2D eigenvalue weighted by Gasteiger charge is 2.21. The molecule has 22 heavy (non-hydrogen) atoms. The molecule has 0 saturated carbocycles. The molecular weight excluding hydrogens is 300 g/mol. The number of aromatic amines is 1. The van der Waals surface area contributed by atoms with E-state index in [0.717, 1.165) is 5.69 Å². The highest BCUT2D eigenvalue weighted by Crippen LogP contribution is 2.29. The van der Waals surface area contributed by atoms with Gasteiger partial charge in [0.2, 0.25) is 0 Å². The van der Waals surface area contributed by atoms with Gasteiger partial charge in [0.1, 0.15) is 22.8 Å². The molecule has 0 unspecified atom stereocenters. The zero-order valence-electron chi connectivity index (χ0n) is 12.6. The summed E-state index contributed by atoms with van der Waals surface area (Å²) in [6.45, 7) is 6.10. The van der Waals surface area contributed by atoms with Crippen LogP contribution < -0.4 is 11.1 Å². The molecule has 0 atom stereocenters. The van der Waals surface area contributed by atoms with Crippen LogP contribution in [0.1, 0.15) is 26.6 Å². The Labute approximate surface area is 133 Å². The number of benzene rings is 1. The highest BCUT2D eigenvalue weighted by molar-refractivity contribution is 6.30. The summed E-state index contributed by atoms with van der Waals surface area (Å²) in [6.07, 6.45) is 0. The Morgan fingerprint density at radius 3 is 2.45 bits per heavy atom. The van der Waals surface area contributed by atoms with E-state index in [1.165, 1.54) is 0 Å². The standard InChI is InChI=1S/C15H17ClN6/c1-15(2,3)14-19-11(17)10-12(21-22-13(10)20-14)18-9-6-4-8(16)5-7-9/h4-7H,1-3H3,(H4,17,18,19,20,21,22). The molecule has 4 N–H and O–H groups in total. The maximum Gasteiger partial charge on any atom is 0.188 e. The maximum atomic E-state index is 6.10. The minimum atomic E-state index is -0.189. The van der Waals surface area contributed by atoms with Crippen molar-refractivity contribution in [2.45, 2.75) is 26.2 Å². The fraction of sp³-hybridized carbons (Fsp3) is 0.267. The molecule has 7 heteroatoms. The number of H-pyrrole nitrogens is 1. The van der Waals surface area contributed by atoms with Crippen molar-refractivity contribution >= 4 is 40.0 Å². The van der Waals surface area contributed by atoms with Crippen LogP contribution in [0.4, 0.5) is 17.3 Å². The summed E-state index contributed by atoms with van der Waals surface area (Å²) in [5, 5.41) is 11.7. The molecule has 0 fully saturated rings. The molecule has 0 amide bonds. The van der Waals surface area contributed by atoms with Crippen LogP contribution >= 0.6 is 11.6 Å². The normalized spacial score (nSPS) is 11.8. The third-order valence-corrected chi connectivity index (χ3v) is 3.48. The molecule has 0 saturated heterocycles. The third-order valence-electron chi connectivity index (χ3n) is 3.23. The van der Waals surface area contributed by atoms with E-state index in [9.17, 15) is 0 Å². The fourth-order valence-corrected chi connectivity index (χ4v) is 2.18. The van der Waals surface area contributed by atoms with E-state index in [1.807, 2.05) is 32.9 Å². The fourth-order valence-electron chi connectivity index (χ4n) is 2.05. The van der Waals surface area contributed by atoms with Gasteiger partial charge in [0.25, 0.3) is 0 Å². The summed E-state index contributed by atoms with van der Waals surface area (Å²) in [4.78, 5) is 8.90. The van der Waals surface area contributed by atoms with Gasteiger partial charge >= 0.3 is 0 Å². The van der Waals surface area contributed by atoms with Gasteiger partial charge in [0.05, 0.1) is 0 Å². The number of nitrogens with one attached hydrogen (secondary N) is 2. The van der Waals surface area contributed by atoms with Gasteiger partial charge in [-0.1, -0.05) is 32.4 Å². The number of nitrogens with two attached hydrogens (primary N) is 1. The van der Waals surface area contributed by atoms with Crippen molar-refractivity contribution in [3.8, 4) is 0 Å². The molecule has 3 aromatic rings. The largest absolute Gasteiger partial charge is 0.383 e. The predicted octanol–water partition coefficient (Wildman–Crippen LogP) is 3.63. The molecule has 114 valence electrons. The lowest BCUT2D eigenvalue weighted by Crippen LogP contribution is -2.17. The number of aromatic nitrogens is 4. The number of hydrogen-bond acceptors (Lipinski definition) is 5. The van der Waals surface area contributed by atoms with Crippen LogP contribution in [0.5, 0.6) is 0 Å². The smallest absolute Gasteiger partial charge is 0.188 e. The van der Waals surface area contributed by atoms with Crippen molar-refractivity contribution in [3.63, 3.8) is 0 Å². The molecule has 0 radical (unpaired) electrons. The predicted molar refractivity (Wildman–Crippen MR) is 89.5 cm³/mol. The Balaban J connectivity index is 2.03. The SMILES string of the molecule is CC(C)(C)c1nc(N)c2c(Nc3ccc(Cl)cc3)[nH]nc2n1. The molecule has 1 aromatic carbocycles. The Hall–Kier alpha value is -2.34. The van der Waals surface area contributed by atoms with Crippen LogP contribution in [0.25, 0.3) is 11.0 Å². The maximum absolute atomic E-state index is 6.10. The van der Waals surface area contributed by atoms with Crippen molar-refractivity contribution in [2.75, 3.05) is 11.1 Å². The van der Waals surface area contributed by atoms with Gasteiger partial charge < -0.3 is 11.1 Å². The summed E-state index contributed by atoms with van der Waals surface area (Å²) in [5.74, 6) is 1.73. The van der Waals surface area contributed by atoms with Crippen LogP contribution in [0.2, 0.25) is 5.02 Å². The number of anilines is 3. The van der Waals surface area contributed by atoms with Crippen molar-refractivity contribution in [2.24, 2.45) is 0 Å². The van der Waals surface area contributed by atoms with Gasteiger partial charge in [0, 0.05) is 16.1 Å². The van der Waals surface area contributed by atoms with Crippen molar-refractivity contribution in [1.29, 1.82) is 0 Å². The molecule has 0 bridgehead atoms. The quantitative estimate of drug-likeness (QED) is 0.671. The molecule has 0 aliphatic rings. The first-order valence-corrected chi connectivity index (χ1v) is 7.27. The Kier molecular flexibility index (Phi) is 3.41. The lowest BCUT2D eigenvalue weighted by molar-refractivity contribution is 0.549. The van der Waals surface area contributed by atoms with Crippen molar-refractivity contribution in [1.82, 2.24) is 20.2 Å². The first kappa shape index (κ1) is 14.6. The Bertz CT molecular complexity index is 816. The van der Waals surface area contributed by atoms with Crippen LogP contribution in [-0.4, -0.2) is 20.2 Å².